The Morgan fingerprint density at radius 1 is 1.15 bits per heavy atom. The second kappa shape index (κ2) is 4.21. The summed E-state index contributed by atoms with van der Waals surface area (Å²) in [6.07, 6.45) is 5.37. The van der Waals surface area contributed by atoms with Crippen LogP contribution in [-0.2, 0) is 0 Å². The zero-order valence-corrected chi connectivity index (χ0v) is 10.2. The van der Waals surface area contributed by atoms with Gasteiger partial charge in [0.2, 0.25) is 0 Å². The van der Waals surface area contributed by atoms with Gasteiger partial charge in [0.25, 0.3) is 0 Å². The average Bonchev–Trinajstić information content (AvgIpc) is 2.03. The molecule has 0 aromatic rings. The van der Waals surface area contributed by atoms with Crippen LogP contribution in [0.2, 0.25) is 0 Å². The Balaban J connectivity index is 2.41. The van der Waals surface area contributed by atoms with E-state index >= 15 is 0 Å². The molecule has 13 heavy (non-hydrogen) atoms. The topological polar surface area (TPSA) is 0 Å². The molecule has 0 spiro atoms. The highest BCUT2D eigenvalue weighted by Crippen LogP contribution is 2.41. The van der Waals surface area contributed by atoms with Gasteiger partial charge in [-0.05, 0) is 42.9 Å². The van der Waals surface area contributed by atoms with Crippen molar-refractivity contribution in [3.8, 4) is 0 Å². The fourth-order valence-corrected chi connectivity index (χ4v) is 2.54. The molecule has 0 heterocycles. The van der Waals surface area contributed by atoms with Crippen LogP contribution in [0.15, 0.2) is 0 Å². The van der Waals surface area contributed by atoms with Crippen LogP contribution in [-0.4, -0.2) is 5.38 Å². The standard InChI is InChI=1S/C12H23Cl/c1-9(2)11(13)10-5-7-12(3,4)8-6-10/h9-11H,5-8H2,1-4H3. The van der Waals surface area contributed by atoms with Crippen LogP contribution < -0.4 is 0 Å². The van der Waals surface area contributed by atoms with Crippen LogP contribution in [0.4, 0.5) is 0 Å². The van der Waals surface area contributed by atoms with Crippen LogP contribution in [0.25, 0.3) is 0 Å². The van der Waals surface area contributed by atoms with Crippen molar-refractivity contribution < 1.29 is 0 Å². The molecule has 1 fully saturated rings. The molecule has 1 atom stereocenters. The van der Waals surface area contributed by atoms with E-state index in [1.807, 2.05) is 0 Å². The molecule has 1 aliphatic carbocycles. The maximum absolute atomic E-state index is 6.39. The minimum absolute atomic E-state index is 0.399. The third kappa shape index (κ3) is 3.16. The monoisotopic (exact) mass is 202 g/mol. The first kappa shape index (κ1) is 11.4. The molecule has 0 aromatic carbocycles. The molecular formula is C12H23Cl. The second-order valence-corrected chi connectivity index (χ2v) is 6.19. The Bertz CT molecular complexity index is 151. The highest BCUT2D eigenvalue weighted by Gasteiger charge is 2.31. The lowest BCUT2D eigenvalue weighted by atomic mass is 9.71. The lowest BCUT2D eigenvalue weighted by molar-refractivity contribution is 0.178. The molecule has 0 saturated heterocycles. The molecule has 1 rings (SSSR count). The van der Waals surface area contributed by atoms with Gasteiger partial charge in [-0.25, -0.2) is 0 Å². The Kier molecular flexibility index (Phi) is 3.68. The average molecular weight is 203 g/mol. The molecule has 0 radical (unpaired) electrons. The smallest absolute Gasteiger partial charge is 0.0387 e. The zero-order chi connectivity index (χ0) is 10.1. The van der Waals surface area contributed by atoms with Crippen LogP contribution in [0.3, 0.4) is 0 Å². The summed E-state index contributed by atoms with van der Waals surface area (Å²) in [5, 5.41) is 0.399. The molecular weight excluding hydrogens is 180 g/mol. The summed E-state index contributed by atoms with van der Waals surface area (Å²) < 4.78 is 0. The summed E-state index contributed by atoms with van der Waals surface area (Å²) in [7, 11) is 0. The second-order valence-electron chi connectivity index (χ2n) is 5.69. The first-order valence-corrected chi connectivity index (χ1v) is 6.00. The molecule has 0 bridgehead atoms. The lowest BCUT2D eigenvalue weighted by Crippen LogP contribution is -2.28. The quantitative estimate of drug-likeness (QED) is 0.580. The number of halogens is 1. The molecule has 1 unspecified atom stereocenters. The first-order chi connectivity index (χ1) is 5.92. The van der Waals surface area contributed by atoms with Gasteiger partial charge < -0.3 is 0 Å². The maximum Gasteiger partial charge on any atom is 0.0387 e. The van der Waals surface area contributed by atoms with E-state index in [0.29, 0.717) is 16.7 Å². The number of hydrogen-bond acceptors (Lipinski definition) is 0. The molecule has 0 N–H and O–H groups in total. The molecule has 1 heteroatoms. The predicted octanol–water partition coefficient (Wildman–Crippen LogP) is 4.47. The molecule has 0 amide bonds. The van der Waals surface area contributed by atoms with Gasteiger partial charge in [0.05, 0.1) is 0 Å². The third-order valence-corrected chi connectivity index (χ3v) is 4.33. The SMILES string of the molecule is CC(C)C(Cl)C1CCC(C)(C)CC1. The van der Waals surface area contributed by atoms with Crippen molar-refractivity contribution in [1.82, 2.24) is 0 Å². The van der Waals surface area contributed by atoms with Crippen molar-refractivity contribution in [2.24, 2.45) is 17.3 Å². The van der Waals surface area contributed by atoms with Gasteiger partial charge in [0, 0.05) is 5.38 Å². The van der Waals surface area contributed by atoms with Crippen molar-refractivity contribution in [3.63, 3.8) is 0 Å². The third-order valence-electron chi connectivity index (χ3n) is 3.47. The van der Waals surface area contributed by atoms with Gasteiger partial charge in [0.15, 0.2) is 0 Å². The molecule has 1 saturated carbocycles. The van der Waals surface area contributed by atoms with Gasteiger partial charge in [-0.2, -0.15) is 0 Å². The highest BCUT2D eigenvalue weighted by atomic mass is 35.5. The van der Waals surface area contributed by atoms with E-state index in [2.05, 4.69) is 27.7 Å². The summed E-state index contributed by atoms with van der Waals surface area (Å²) in [4.78, 5) is 0. The van der Waals surface area contributed by atoms with E-state index in [9.17, 15) is 0 Å². The van der Waals surface area contributed by atoms with Gasteiger partial charge in [-0.1, -0.05) is 27.7 Å². The molecule has 78 valence electrons. The number of hydrogen-bond donors (Lipinski definition) is 0. The first-order valence-electron chi connectivity index (χ1n) is 5.56. The summed E-state index contributed by atoms with van der Waals surface area (Å²) in [5.41, 5.74) is 0.574. The molecule has 0 nitrogen and oxygen atoms in total. The Hall–Kier alpha value is 0.290. The molecule has 0 aliphatic heterocycles. The van der Waals surface area contributed by atoms with Gasteiger partial charge in [0.1, 0.15) is 0 Å². The van der Waals surface area contributed by atoms with Crippen molar-refractivity contribution in [2.45, 2.75) is 58.8 Å². The Morgan fingerprint density at radius 2 is 1.62 bits per heavy atom. The van der Waals surface area contributed by atoms with E-state index in [0.717, 1.165) is 5.92 Å². The summed E-state index contributed by atoms with van der Waals surface area (Å²) in [6, 6.07) is 0. The minimum Gasteiger partial charge on any atom is -0.122 e. The van der Waals surface area contributed by atoms with Gasteiger partial charge in [-0.15, -0.1) is 11.6 Å². The van der Waals surface area contributed by atoms with Gasteiger partial charge >= 0.3 is 0 Å². The zero-order valence-electron chi connectivity index (χ0n) is 9.44. The van der Waals surface area contributed by atoms with E-state index in [-0.39, 0.29) is 0 Å². The van der Waals surface area contributed by atoms with Crippen LogP contribution in [0, 0.1) is 17.3 Å². The predicted molar refractivity (Wildman–Crippen MR) is 60.2 cm³/mol. The Morgan fingerprint density at radius 3 is 2.00 bits per heavy atom. The summed E-state index contributed by atoms with van der Waals surface area (Å²) >= 11 is 6.39. The van der Waals surface area contributed by atoms with Crippen molar-refractivity contribution in [1.29, 1.82) is 0 Å². The normalized spacial score (nSPS) is 26.3. The largest absolute Gasteiger partial charge is 0.122 e. The van der Waals surface area contributed by atoms with Crippen LogP contribution in [0.1, 0.15) is 53.4 Å². The highest BCUT2D eigenvalue weighted by molar-refractivity contribution is 6.20. The van der Waals surface area contributed by atoms with E-state index in [4.69, 9.17) is 11.6 Å². The Labute approximate surface area is 88.1 Å². The van der Waals surface area contributed by atoms with Crippen molar-refractivity contribution >= 4 is 11.6 Å². The van der Waals surface area contributed by atoms with Gasteiger partial charge in [-0.3, -0.25) is 0 Å². The summed E-state index contributed by atoms with van der Waals surface area (Å²) in [5.74, 6) is 1.41. The maximum atomic E-state index is 6.39. The molecule has 0 aromatic heterocycles. The van der Waals surface area contributed by atoms with Crippen molar-refractivity contribution in [2.75, 3.05) is 0 Å². The van der Waals surface area contributed by atoms with E-state index in [1.165, 1.54) is 25.7 Å². The van der Waals surface area contributed by atoms with Crippen LogP contribution in [0.5, 0.6) is 0 Å². The molecule has 1 aliphatic rings. The van der Waals surface area contributed by atoms with Crippen molar-refractivity contribution in [3.05, 3.63) is 0 Å². The number of alkyl halides is 1. The number of rotatable bonds is 2. The van der Waals surface area contributed by atoms with E-state index in [1.54, 1.807) is 0 Å². The van der Waals surface area contributed by atoms with Crippen LogP contribution >= 0.6 is 11.6 Å². The fraction of sp³-hybridized carbons (Fsp3) is 1.00. The lowest BCUT2D eigenvalue weighted by Gasteiger charge is -2.37. The van der Waals surface area contributed by atoms with E-state index < -0.39 is 0 Å². The summed E-state index contributed by atoms with van der Waals surface area (Å²) in [6.45, 7) is 9.22. The fourth-order valence-electron chi connectivity index (χ4n) is 2.28. The minimum atomic E-state index is 0.399.